The van der Waals surface area contributed by atoms with Gasteiger partial charge >= 0.3 is 5.69 Å². The van der Waals surface area contributed by atoms with Crippen LogP contribution in [0.4, 0.5) is 0 Å². The van der Waals surface area contributed by atoms with Gasteiger partial charge in [0, 0.05) is 57.0 Å². The molecule has 1 aliphatic rings. The summed E-state index contributed by atoms with van der Waals surface area (Å²) in [7, 11) is 2.08. The molecule has 1 N–H and O–H groups in total. The van der Waals surface area contributed by atoms with Gasteiger partial charge in [0.1, 0.15) is 0 Å². The van der Waals surface area contributed by atoms with Crippen LogP contribution in [0.3, 0.4) is 0 Å². The predicted octanol–water partition coefficient (Wildman–Crippen LogP) is 1.35. The third kappa shape index (κ3) is 2.51. The summed E-state index contributed by atoms with van der Waals surface area (Å²) in [6, 6.07) is 4.60. The Labute approximate surface area is 112 Å². The van der Waals surface area contributed by atoms with Gasteiger partial charge in [0.2, 0.25) is 0 Å². The minimum absolute atomic E-state index is 0.0147. The molecule has 1 fully saturated rings. The van der Waals surface area contributed by atoms with Gasteiger partial charge in [-0.1, -0.05) is 0 Å². The van der Waals surface area contributed by atoms with Crippen LogP contribution in [0.2, 0.25) is 0 Å². The molecule has 1 aliphatic heterocycles. The van der Waals surface area contributed by atoms with E-state index in [2.05, 4.69) is 39.8 Å². The van der Waals surface area contributed by atoms with Crippen LogP contribution >= 0.6 is 0 Å². The molecular formula is C14H20N4O. The van der Waals surface area contributed by atoms with E-state index in [0.717, 1.165) is 32.5 Å². The summed E-state index contributed by atoms with van der Waals surface area (Å²) in [4.78, 5) is 16.8. The summed E-state index contributed by atoms with van der Waals surface area (Å²) >= 11 is 0. The first-order valence-electron chi connectivity index (χ1n) is 6.82. The van der Waals surface area contributed by atoms with E-state index in [-0.39, 0.29) is 5.69 Å². The maximum atomic E-state index is 11.6. The molecule has 0 spiro atoms. The molecule has 2 aromatic rings. The standard InChI is InChI=1S/C14H20N4O/c1-16-7-2-3-13(16)11-17-8-4-12(5-9-17)18-10-6-15-14(18)19/h2-3,6-7,10,12H,4-5,8-9,11H2,1H3,(H,15,19). The van der Waals surface area contributed by atoms with Crippen molar-refractivity contribution in [3.8, 4) is 0 Å². The first-order chi connectivity index (χ1) is 9.24. The average Bonchev–Trinajstić information content (AvgIpc) is 3.00. The third-order valence-electron chi connectivity index (χ3n) is 4.06. The van der Waals surface area contributed by atoms with E-state index in [9.17, 15) is 4.79 Å². The van der Waals surface area contributed by atoms with E-state index >= 15 is 0 Å². The van der Waals surface area contributed by atoms with Gasteiger partial charge in [-0.15, -0.1) is 0 Å². The molecule has 0 amide bonds. The van der Waals surface area contributed by atoms with Crippen LogP contribution in [0, 0.1) is 0 Å². The van der Waals surface area contributed by atoms with Crippen molar-refractivity contribution < 1.29 is 0 Å². The molecule has 0 atom stereocenters. The summed E-state index contributed by atoms with van der Waals surface area (Å²) in [5, 5.41) is 0. The molecule has 102 valence electrons. The van der Waals surface area contributed by atoms with E-state index in [4.69, 9.17) is 0 Å². The lowest BCUT2D eigenvalue weighted by Crippen LogP contribution is -2.36. The number of H-pyrrole nitrogens is 1. The molecule has 0 saturated carbocycles. The van der Waals surface area contributed by atoms with Gasteiger partial charge in [-0.2, -0.15) is 0 Å². The lowest BCUT2D eigenvalue weighted by molar-refractivity contribution is 0.175. The second-order valence-electron chi connectivity index (χ2n) is 5.29. The molecule has 2 aromatic heterocycles. The Morgan fingerprint density at radius 2 is 2.11 bits per heavy atom. The molecule has 0 radical (unpaired) electrons. The van der Waals surface area contributed by atoms with Gasteiger partial charge in [-0.05, 0) is 25.0 Å². The van der Waals surface area contributed by atoms with Crippen LogP contribution in [0.15, 0.2) is 35.5 Å². The van der Waals surface area contributed by atoms with Crippen molar-refractivity contribution in [2.75, 3.05) is 13.1 Å². The predicted molar refractivity (Wildman–Crippen MR) is 74.0 cm³/mol. The maximum Gasteiger partial charge on any atom is 0.325 e. The number of aryl methyl sites for hydroxylation is 1. The van der Waals surface area contributed by atoms with Gasteiger partial charge in [-0.25, -0.2) is 4.79 Å². The van der Waals surface area contributed by atoms with Crippen molar-refractivity contribution in [2.24, 2.45) is 7.05 Å². The first kappa shape index (κ1) is 12.3. The van der Waals surface area contributed by atoms with E-state index in [1.807, 2.05) is 10.8 Å². The molecule has 1 saturated heterocycles. The number of hydrogen-bond acceptors (Lipinski definition) is 2. The second kappa shape index (κ2) is 5.09. The van der Waals surface area contributed by atoms with Crippen molar-refractivity contribution in [3.05, 3.63) is 46.9 Å². The van der Waals surface area contributed by atoms with Gasteiger partial charge < -0.3 is 9.55 Å². The smallest absolute Gasteiger partial charge is 0.325 e. The SMILES string of the molecule is Cn1cccc1CN1CCC(n2cc[nH]c2=O)CC1. The molecule has 3 rings (SSSR count). The van der Waals surface area contributed by atoms with Crippen LogP contribution < -0.4 is 5.69 Å². The fourth-order valence-electron chi connectivity index (χ4n) is 2.86. The minimum Gasteiger partial charge on any atom is -0.353 e. The van der Waals surface area contributed by atoms with E-state index in [1.165, 1.54) is 5.69 Å². The quantitative estimate of drug-likeness (QED) is 0.905. The van der Waals surface area contributed by atoms with Gasteiger partial charge in [0.15, 0.2) is 0 Å². The fourth-order valence-corrected chi connectivity index (χ4v) is 2.86. The zero-order valence-corrected chi connectivity index (χ0v) is 11.2. The molecule has 3 heterocycles. The summed E-state index contributed by atoms with van der Waals surface area (Å²) in [6.45, 7) is 3.10. The van der Waals surface area contributed by atoms with Crippen LogP contribution in [0.5, 0.6) is 0 Å². The van der Waals surface area contributed by atoms with Crippen molar-refractivity contribution in [1.29, 1.82) is 0 Å². The first-order valence-corrected chi connectivity index (χ1v) is 6.82. The van der Waals surface area contributed by atoms with Crippen molar-refractivity contribution in [2.45, 2.75) is 25.4 Å². The Kier molecular flexibility index (Phi) is 3.29. The highest BCUT2D eigenvalue weighted by atomic mass is 16.1. The van der Waals surface area contributed by atoms with E-state index in [0.29, 0.717) is 6.04 Å². The van der Waals surface area contributed by atoms with Crippen LogP contribution in [-0.2, 0) is 13.6 Å². The highest BCUT2D eigenvalue weighted by molar-refractivity contribution is 5.06. The molecular weight excluding hydrogens is 240 g/mol. The third-order valence-corrected chi connectivity index (χ3v) is 4.06. The number of nitrogens with one attached hydrogen (secondary N) is 1. The fraction of sp³-hybridized carbons (Fsp3) is 0.500. The molecule has 0 unspecified atom stereocenters. The Balaban J connectivity index is 1.59. The van der Waals surface area contributed by atoms with Crippen LogP contribution in [0.25, 0.3) is 0 Å². The normalized spacial score (nSPS) is 17.9. The molecule has 0 aliphatic carbocycles. The average molecular weight is 260 g/mol. The van der Waals surface area contributed by atoms with Crippen LogP contribution in [-0.4, -0.2) is 32.1 Å². The van der Waals surface area contributed by atoms with E-state index < -0.39 is 0 Å². The van der Waals surface area contributed by atoms with Crippen LogP contribution in [0.1, 0.15) is 24.6 Å². The highest BCUT2D eigenvalue weighted by Gasteiger charge is 2.21. The molecule has 19 heavy (non-hydrogen) atoms. The number of likely N-dealkylation sites (tertiary alicyclic amines) is 1. The number of rotatable bonds is 3. The van der Waals surface area contributed by atoms with Gasteiger partial charge in [0.25, 0.3) is 0 Å². The second-order valence-corrected chi connectivity index (χ2v) is 5.29. The lowest BCUT2D eigenvalue weighted by Gasteiger charge is -2.32. The molecule has 5 nitrogen and oxygen atoms in total. The Bertz CT molecular complexity index is 586. The number of aromatic amines is 1. The van der Waals surface area contributed by atoms with Crippen molar-refractivity contribution in [3.63, 3.8) is 0 Å². The number of nitrogens with zero attached hydrogens (tertiary/aromatic N) is 3. The summed E-state index contributed by atoms with van der Waals surface area (Å²) in [5.41, 5.74) is 1.36. The Hall–Kier alpha value is -1.75. The zero-order valence-electron chi connectivity index (χ0n) is 11.2. The monoisotopic (exact) mass is 260 g/mol. The number of hydrogen-bond donors (Lipinski definition) is 1. The van der Waals surface area contributed by atoms with E-state index in [1.54, 1.807) is 6.20 Å². The van der Waals surface area contributed by atoms with Gasteiger partial charge in [-0.3, -0.25) is 9.47 Å². The maximum absolute atomic E-state index is 11.6. The van der Waals surface area contributed by atoms with Crippen molar-refractivity contribution in [1.82, 2.24) is 19.0 Å². The largest absolute Gasteiger partial charge is 0.353 e. The number of piperidine rings is 1. The minimum atomic E-state index is 0.0147. The number of imidazole rings is 1. The summed E-state index contributed by atoms with van der Waals surface area (Å²) in [6.07, 6.45) is 7.75. The molecule has 5 heteroatoms. The Morgan fingerprint density at radius 1 is 1.32 bits per heavy atom. The topological polar surface area (TPSA) is 46.0 Å². The van der Waals surface area contributed by atoms with Gasteiger partial charge in [0.05, 0.1) is 0 Å². The Morgan fingerprint density at radius 3 is 2.68 bits per heavy atom. The molecule has 0 aromatic carbocycles. The van der Waals surface area contributed by atoms with Crippen molar-refractivity contribution >= 4 is 0 Å². The highest BCUT2D eigenvalue weighted by Crippen LogP contribution is 2.22. The number of aromatic nitrogens is 3. The zero-order chi connectivity index (χ0) is 13.2. The lowest BCUT2D eigenvalue weighted by atomic mass is 10.0. The molecule has 0 bridgehead atoms. The summed E-state index contributed by atoms with van der Waals surface area (Å²) in [5.74, 6) is 0. The summed E-state index contributed by atoms with van der Waals surface area (Å²) < 4.78 is 4.00.